The van der Waals surface area contributed by atoms with Gasteiger partial charge in [-0.3, -0.25) is 53.5 Å². The monoisotopic (exact) mass is 2080 g/mol. The highest BCUT2D eigenvalue weighted by molar-refractivity contribution is 6.00. The number of aryl methyl sites for hydroxylation is 4. The number of aliphatic carboxylic acids is 1. The molecule has 4 fully saturated rings. The number of aliphatic imine (C=N–C) groups is 1. The Morgan fingerprint density at radius 3 is 1.27 bits per heavy atom. The van der Waals surface area contributed by atoms with Crippen LogP contribution in [0.25, 0.3) is 0 Å². The number of hydrogen-bond donors (Lipinski definition) is 5. The number of allylic oxidation sites excluding steroid dienone is 3. The van der Waals surface area contributed by atoms with Gasteiger partial charge in [-0.15, -0.1) is 0 Å². The molecule has 0 bridgehead atoms. The van der Waals surface area contributed by atoms with Gasteiger partial charge >= 0.3 is 65.9 Å². The molecule has 7 aromatic heterocycles. The second-order valence-electron chi connectivity index (χ2n) is 36.6. The third-order valence-electron chi connectivity index (χ3n) is 26.5. The Morgan fingerprint density at radius 2 is 0.853 bits per heavy atom. The molecule has 44 nitrogen and oxygen atoms in total. The maximum absolute atomic E-state index is 13.6. The maximum Gasteiger partial charge on any atom is 0.320 e. The summed E-state index contributed by atoms with van der Waals surface area (Å²) >= 11 is 0. The Kier molecular flexibility index (Phi) is 42.5. The van der Waals surface area contributed by atoms with E-state index in [4.69, 9.17) is 47.9 Å². The third kappa shape index (κ3) is 31.4. The number of urea groups is 4. The van der Waals surface area contributed by atoms with E-state index in [1.807, 2.05) is 53.5 Å². The van der Waals surface area contributed by atoms with E-state index in [-0.39, 0.29) is 80.9 Å². The molecule has 0 radical (unpaired) electrons. The minimum atomic E-state index is -0.996. The molecule has 9 aliphatic heterocycles. The Hall–Kier alpha value is -15.2. The number of carbonyl (C=O) groups excluding carboxylic acids is 11. The van der Waals surface area contributed by atoms with Crippen molar-refractivity contribution in [1.29, 1.82) is 0 Å². The first-order valence-electron chi connectivity index (χ1n) is 51.0. The van der Waals surface area contributed by atoms with Gasteiger partial charge in [0, 0.05) is 199 Å². The number of pyridine rings is 7. The minimum Gasteiger partial charge on any atom is -0.481 e. The van der Waals surface area contributed by atoms with Crippen LogP contribution >= 0.6 is 0 Å². The predicted octanol–water partition coefficient (Wildman–Crippen LogP) is 12.0. The van der Waals surface area contributed by atoms with Crippen molar-refractivity contribution in [3.05, 3.63) is 189 Å². The van der Waals surface area contributed by atoms with Crippen LogP contribution < -0.4 is 34.5 Å². The molecule has 9 aliphatic rings. The summed E-state index contributed by atoms with van der Waals surface area (Å²) in [7, 11) is 6.11. The number of nitrogens with one attached hydrogen (secondary N) is 2. The largest absolute Gasteiger partial charge is 0.481 e. The second kappa shape index (κ2) is 56.2. The molecule has 150 heavy (non-hydrogen) atoms. The zero-order chi connectivity index (χ0) is 107. The Balaban J connectivity index is 0.000000174. The molecular weight excluding hydrogens is 1940 g/mol. The van der Waals surface area contributed by atoms with E-state index in [1.54, 1.807) is 128 Å². The van der Waals surface area contributed by atoms with Crippen molar-refractivity contribution >= 4 is 95.1 Å². The van der Waals surface area contributed by atoms with Gasteiger partial charge in [0.1, 0.15) is 23.6 Å². The maximum atomic E-state index is 13.6. The van der Waals surface area contributed by atoms with Gasteiger partial charge in [0.2, 0.25) is 29.4 Å². The van der Waals surface area contributed by atoms with Crippen LogP contribution in [0.2, 0.25) is 0 Å². The van der Waals surface area contributed by atoms with Gasteiger partial charge < -0.3 is 103 Å². The van der Waals surface area contributed by atoms with Gasteiger partial charge in [0.25, 0.3) is 0 Å². The molecule has 9 amide bonds. The summed E-state index contributed by atoms with van der Waals surface area (Å²) in [5.41, 5.74) is 10.3. The number of carbonyl (C=O) groups is 12. The molecule has 7 aromatic rings. The van der Waals surface area contributed by atoms with Crippen molar-refractivity contribution in [1.82, 2.24) is 79.2 Å². The zero-order valence-corrected chi connectivity index (χ0v) is 87.1. The van der Waals surface area contributed by atoms with Crippen LogP contribution in [0.1, 0.15) is 231 Å². The highest BCUT2D eigenvalue weighted by Crippen LogP contribution is 2.39. The van der Waals surface area contributed by atoms with Gasteiger partial charge in [-0.2, -0.15) is 0 Å². The number of amides is 9. The van der Waals surface area contributed by atoms with E-state index in [0.717, 1.165) is 135 Å². The van der Waals surface area contributed by atoms with Gasteiger partial charge in [0.05, 0.1) is 116 Å². The number of aliphatic hydroxyl groups is 1. The molecule has 806 valence electrons. The normalized spacial score (nSPS) is 16.6. The number of carboxylic acids is 1. The summed E-state index contributed by atoms with van der Waals surface area (Å²) < 4.78 is 45.6. The number of carboxylic acid groups (broad SMARTS) is 1. The van der Waals surface area contributed by atoms with Crippen LogP contribution in [0.5, 0.6) is 23.5 Å². The van der Waals surface area contributed by atoms with Crippen LogP contribution in [0, 0.1) is 0 Å². The van der Waals surface area contributed by atoms with E-state index in [2.05, 4.69) is 57.4 Å². The van der Waals surface area contributed by atoms with Crippen molar-refractivity contribution in [3.8, 4) is 23.5 Å². The lowest BCUT2D eigenvalue weighted by molar-refractivity contribution is -0.156. The van der Waals surface area contributed by atoms with Crippen molar-refractivity contribution in [3.63, 3.8) is 0 Å². The highest BCUT2D eigenvalue weighted by atomic mass is 16.6. The van der Waals surface area contributed by atoms with Gasteiger partial charge in [-0.1, -0.05) is 48.5 Å². The quantitative estimate of drug-likeness (QED) is 0.0135. The van der Waals surface area contributed by atoms with E-state index in [9.17, 15) is 73.0 Å². The molecular formula is C106H138N20O24. The summed E-state index contributed by atoms with van der Waals surface area (Å²) in [5.74, 6) is 1.09. The number of anilines is 3. The molecule has 0 aliphatic carbocycles. The van der Waals surface area contributed by atoms with E-state index >= 15 is 0 Å². The average Bonchev–Trinajstić information content (AvgIpc) is 1.31. The summed E-state index contributed by atoms with van der Waals surface area (Å²) in [6.45, 7) is 20.3. The fourth-order valence-corrected chi connectivity index (χ4v) is 19.0. The van der Waals surface area contributed by atoms with E-state index in [1.165, 1.54) is 59.7 Å². The Morgan fingerprint density at radius 1 is 0.433 bits per heavy atom. The first-order valence-corrected chi connectivity index (χ1v) is 51.0. The zero-order valence-electron chi connectivity index (χ0n) is 87.1. The van der Waals surface area contributed by atoms with Crippen molar-refractivity contribution in [2.24, 2.45) is 4.99 Å². The first-order chi connectivity index (χ1) is 72.4. The molecule has 16 heterocycles. The molecule has 4 saturated heterocycles. The number of hydrogen-bond acceptors (Lipinski definition) is 34. The SMILES string of the molecule is CC(=O)OC(C)=O.CCOC(=O)CC(c1ccc(OC)nc1)N1CCN(CCC(OC(C)=O)c2ccc3c(n2)N(C(C)=O)CCC3)C1=O.CCOC(=O)CC(c1ccc(OC)nc1)N1CCN(CCCC2=CC=C3CCCN=C3N2O)C1=O.CCOC(=O)CC(c1ccc(OC)nc1)N1CCN(CCCc2ccc3c(n2)NCCC3)C1=O.COc1ccc(C(CC(=O)O)N2CCN(CCC(O)c3ccc4c(n3)NCCC4)C2=O)cn1. The number of rotatable bonds is 40. The number of aliphatic hydroxyl groups excluding tert-OH is 1. The number of ether oxygens (including phenoxy) is 9. The molecule has 0 aromatic carbocycles. The highest BCUT2D eigenvalue weighted by Gasteiger charge is 2.42. The van der Waals surface area contributed by atoms with Crippen LogP contribution in [-0.4, -0.2) is 325 Å². The number of hydroxylamine groups is 2. The summed E-state index contributed by atoms with van der Waals surface area (Å²) in [5, 5.41) is 38.4. The summed E-state index contributed by atoms with van der Waals surface area (Å²) in [6.07, 6.45) is 20.3. The van der Waals surface area contributed by atoms with Crippen LogP contribution in [0.3, 0.4) is 0 Å². The Bertz CT molecular complexity index is 5890. The molecule has 0 saturated carbocycles. The van der Waals surface area contributed by atoms with Crippen molar-refractivity contribution in [2.45, 2.75) is 200 Å². The van der Waals surface area contributed by atoms with E-state index in [0.29, 0.717) is 175 Å². The molecule has 16 rings (SSSR count). The smallest absolute Gasteiger partial charge is 0.320 e. The number of fused-ring (bicyclic) bond motifs is 4. The van der Waals surface area contributed by atoms with Crippen molar-refractivity contribution in [2.75, 3.05) is 169 Å². The fraction of sp³-hybridized carbons (Fsp3) is 0.509. The Labute approximate surface area is 872 Å². The van der Waals surface area contributed by atoms with Crippen molar-refractivity contribution < 1.29 is 116 Å². The topological polar surface area (TPSA) is 508 Å². The first kappa shape index (κ1) is 113. The van der Waals surface area contributed by atoms with Gasteiger partial charge in [-0.25, -0.2) is 59.1 Å². The van der Waals surface area contributed by atoms with Crippen LogP contribution in [0.15, 0.2) is 138 Å². The standard InChI is InChI=1S/C29H37N5O7.C25H33N5O5.C25H33N5O4.C23H29N5O5.C4H6O3/c1-5-40-27(37)17-24(22-9-11-26(39-4)30-18-22)34-16-15-32(29(34)38)14-12-25(41-20(3)36)23-10-8-21-7-6-13-33(19(2)35)28(21)31-23;1-3-35-23(31)16-21(19-9-11-22(34-2)27-17-19)29-15-14-28(25(29)32)13-5-7-20-10-8-18-6-4-12-26-24(18)30(20)33;1-3-34-23(31)16-21(19-9-11-22(33-2)27-17-19)30-15-14-29(25(30)32)13-5-7-20-10-8-18-6-4-12-26-24(18)28-20;1-33-20-7-5-16(14-25-20)18(13-21(30)31)28-12-11-27(23(28)32)10-8-19(29)17-6-4-15-3-2-9-24-22(15)26-17;1-3(5)7-4(2)6/h8-11,18,24-25H,5-7,12-17H2,1-4H3;8-11,17,21,33H,3-7,12-16H2,1-2H3;8-11,17,21H,3-7,12-16H2,1-2H3,(H,26,28);4-7,14,18-19,29H,2-3,8-13H2,1H3,(H,24,26)(H,30,31);1-2H3. The number of aromatic nitrogens is 7. The predicted molar refractivity (Wildman–Crippen MR) is 548 cm³/mol. The number of methoxy groups -OCH3 is 4. The lowest BCUT2D eigenvalue weighted by Crippen LogP contribution is -2.37. The molecule has 44 heteroatoms. The lowest BCUT2D eigenvalue weighted by Gasteiger charge is -2.29. The second-order valence-corrected chi connectivity index (χ2v) is 36.6. The molecule has 5 N–H and O–H groups in total. The molecule has 6 atom stereocenters. The average molecular weight is 2080 g/mol. The van der Waals surface area contributed by atoms with E-state index < -0.39 is 66.2 Å². The van der Waals surface area contributed by atoms with Gasteiger partial charge in [0.15, 0.2) is 5.84 Å². The lowest BCUT2D eigenvalue weighted by atomic mass is 10.0. The molecule has 6 unspecified atom stereocenters. The van der Waals surface area contributed by atoms with Crippen LogP contribution in [-0.2, 0) is 87.7 Å². The fourth-order valence-electron chi connectivity index (χ4n) is 19.0. The van der Waals surface area contributed by atoms with Crippen LogP contribution in [0.4, 0.5) is 36.6 Å². The number of esters is 6. The van der Waals surface area contributed by atoms with Gasteiger partial charge in [-0.05, 0) is 173 Å². The summed E-state index contributed by atoms with van der Waals surface area (Å²) in [4.78, 5) is 196. The summed E-state index contributed by atoms with van der Waals surface area (Å²) in [6, 6.07) is 23.1. The number of nitrogens with zero attached hydrogens (tertiary/aromatic N) is 18. The number of amidine groups is 1. The third-order valence-corrected chi connectivity index (χ3v) is 26.5. The molecule has 0 spiro atoms. The minimum absolute atomic E-state index is 0.0107.